The third-order valence-electron chi connectivity index (χ3n) is 6.72. The van der Waals surface area contributed by atoms with E-state index in [9.17, 15) is 9.59 Å². The Morgan fingerprint density at radius 1 is 1.24 bits per heavy atom. The number of nitrogens with one attached hydrogen (secondary N) is 2. The smallest absolute Gasteiger partial charge is 0.315 e. The second-order valence-corrected chi connectivity index (χ2v) is 8.80. The first-order valence-electron chi connectivity index (χ1n) is 10.6. The van der Waals surface area contributed by atoms with E-state index in [1.165, 1.54) is 26.4 Å². The fourth-order valence-electron chi connectivity index (χ4n) is 5.38. The van der Waals surface area contributed by atoms with Crippen molar-refractivity contribution in [2.24, 2.45) is 5.92 Å². The molecule has 2 saturated carbocycles. The predicted molar refractivity (Wildman–Crippen MR) is 104 cm³/mol. The molecule has 0 bridgehead atoms. The molecule has 1 aliphatic heterocycles. The summed E-state index contributed by atoms with van der Waals surface area (Å²) < 4.78 is 10.6. The number of amides is 3. The van der Waals surface area contributed by atoms with Gasteiger partial charge in [-0.15, -0.1) is 0 Å². The first kappa shape index (κ1) is 20.1. The number of nitrogens with zero attached hydrogens (tertiary/aromatic N) is 3. The zero-order valence-electron chi connectivity index (χ0n) is 17.3. The van der Waals surface area contributed by atoms with Crippen LogP contribution in [-0.2, 0) is 14.9 Å². The van der Waals surface area contributed by atoms with Crippen molar-refractivity contribution in [2.75, 3.05) is 26.8 Å². The molecule has 9 nitrogen and oxygen atoms in total. The van der Waals surface area contributed by atoms with E-state index in [2.05, 4.69) is 20.8 Å². The molecular weight excluding hydrogens is 374 g/mol. The van der Waals surface area contributed by atoms with Crippen molar-refractivity contribution in [1.82, 2.24) is 25.7 Å². The molecule has 2 aliphatic carbocycles. The van der Waals surface area contributed by atoms with Gasteiger partial charge in [0.05, 0.1) is 5.41 Å². The Morgan fingerprint density at radius 3 is 2.69 bits per heavy atom. The van der Waals surface area contributed by atoms with Crippen LogP contribution in [0.5, 0.6) is 0 Å². The van der Waals surface area contributed by atoms with Gasteiger partial charge in [0.15, 0.2) is 5.82 Å². The van der Waals surface area contributed by atoms with E-state index >= 15 is 0 Å². The highest BCUT2D eigenvalue weighted by atomic mass is 16.5. The van der Waals surface area contributed by atoms with Crippen LogP contribution < -0.4 is 10.6 Å². The molecule has 1 unspecified atom stereocenters. The van der Waals surface area contributed by atoms with Crippen LogP contribution in [0.1, 0.15) is 56.7 Å². The number of carbonyl (C=O) groups excluding carboxylic acids is 2. The number of carbonyl (C=O) groups is 2. The van der Waals surface area contributed by atoms with Gasteiger partial charge in [0, 0.05) is 32.3 Å². The largest absolute Gasteiger partial charge is 0.375 e. The number of aryl methyl sites for hydroxylation is 1. The third-order valence-corrected chi connectivity index (χ3v) is 6.72. The van der Waals surface area contributed by atoms with Gasteiger partial charge in [-0.05, 0) is 38.5 Å². The van der Waals surface area contributed by atoms with Crippen molar-refractivity contribution < 1.29 is 18.8 Å². The lowest BCUT2D eigenvalue weighted by Crippen LogP contribution is -2.47. The van der Waals surface area contributed by atoms with Crippen molar-refractivity contribution in [1.29, 1.82) is 0 Å². The van der Waals surface area contributed by atoms with E-state index in [1.54, 1.807) is 6.92 Å². The predicted octanol–water partition coefficient (Wildman–Crippen LogP) is 1.51. The first-order chi connectivity index (χ1) is 14.0. The lowest BCUT2D eigenvalue weighted by molar-refractivity contribution is -0.134. The van der Waals surface area contributed by atoms with Crippen LogP contribution in [0.2, 0.25) is 0 Å². The molecule has 1 aromatic rings. The molecule has 0 radical (unpaired) electrons. The maximum absolute atomic E-state index is 12.5. The van der Waals surface area contributed by atoms with E-state index in [0.29, 0.717) is 31.2 Å². The maximum Gasteiger partial charge on any atom is 0.315 e. The molecule has 3 fully saturated rings. The summed E-state index contributed by atoms with van der Waals surface area (Å²) >= 11 is 0. The Balaban J connectivity index is 1.44. The Bertz CT molecular complexity index is 747. The number of aromatic nitrogens is 2. The Hall–Kier alpha value is -2.16. The van der Waals surface area contributed by atoms with Crippen molar-refractivity contribution in [2.45, 2.75) is 69.4 Å². The summed E-state index contributed by atoms with van der Waals surface area (Å²) in [6, 6.07) is 0.209. The van der Waals surface area contributed by atoms with Gasteiger partial charge in [0.1, 0.15) is 6.61 Å². The fourth-order valence-corrected chi connectivity index (χ4v) is 5.38. The Morgan fingerprint density at radius 2 is 2.00 bits per heavy atom. The molecule has 3 amide bonds. The molecule has 1 aromatic heterocycles. The maximum atomic E-state index is 12.5. The molecule has 0 spiro atoms. The van der Waals surface area contributed by atoms with E-state index in [1.807, 2.05) is 4.90 Å². The zero-order chi connectivity index (χ0) is 20.4. The second kappa shape index (κ2) is 8.30. The summed E-state index contributed by atoms with van der Waals surface area (Å²) in [5, 5.41) is 10.3. The first-order valence-corrected chi connectivity index (χ1v) is 10.6. The topological polar surface area (TPSA) is 110 Å². The lowest BCUT2D eigenvalue weighted by atomic mass is 9.80. The van der Waals surface area contributed by atoms with Crippen LogP contribution in [0.4, 0.5) is 4.79 Å². The molecule has 0 aromatic carbocycles. The normalized spacial score (nSPS) is 29.7. The van der Waals surface area contributed by atoms with E-state index in [0.717, 1.165) is 19.3 Å². The summed E-state index contributed by atoms with van der Waals surface area (Å²) in [7, 11) is 1.52. The number of ether oxygens (including phenoxy) is 1. The van der Waals surface area contributed by atoms with Gasteiger partial charge in [-0.3, -0.25) is 4.79 Å². The number of urea groups is 1. The van der Waals surface area contributed by atoms with Crippen molar-refractivity contribution in [3.8, 4) is 0 Å². The van der Waals surface area contributed by atoms with Gasteiger partial charge in [-0.2, -0.15) is 4.98 Å². The van der Waals surface area contributed by atoms with E-state index < -0.39 is 5.41 Å². The van der Waals surface area contributed by atoms with E-state index in [4.69, 9.17) is 9.26 Å². The number of likely N-dealkylation sites (tertiary alicyclic amines) is 1. The molecule has 3 aliphatic rings. The second-order valence-electron chi connectivity index (χ2n) is 8.80. The molecule has 9 heteroatoms. The summed E-state index contributed by atoms with van der Waals surface area (Å²) in [5.74, 6) is 1.30. The van der Waals surface area contributed by atoms with Gasteiger partial charge in [-0.1, -0.05) is 24.4 Å². The van der Waals surface area contributed by atoms with Crippen LogP contribution in [-0.4, -0.2) is 65.9 Å². The summed E-state index contributed by atoms with van der Waals surface area (Å²) in [4.78, 5) is 31.2. The molecule has 29 heavy (non-hydrogen) atoms. The minimum Gasteiger partial charge on any atom is -0.375 e. The number of hydrogen-bond donors (Lipinski definition) is 2. The SMILES string of the molecule is COCC(=O)N1CC2C[C@@H](NC(=O)NC3CCCCC3)C[C@]2(c2nc(C)no2)C1. The molecule has 3 atom stereocenters. The average Bonchev–Trinajstić information content (AvgIpc) is 3.35. The standard InChI is InChI=1S/C20H31N5O4/c1-13-21-18(29-24-13)20-9-16(23-19(27)22-15-6-4-3-5-7-15)8-14(20)10-25(12-20)17(26)11-28-2/h14-16H,3-12H2,1-2H3,(H2,22,23,27)/t14?,16-,20+/m1/s1. The third kappa shape index (κ3) is 4.10. The monoisotopic (exact) mass is 405 g/mol. The lowest BCUT2D eigenvalue weighted by Gasteiger charge is -2.26. The molecule has 1 saturated heterocycles. The van der Waals surface area contributed by atoms with Crippen LogP contribution in [0.25, 0.3) is 0 Å². The van der Waals surface area contributed by atoms with Gasteiger partial charge in [0.2, 0.25) is 11.8 Å². The quantitative estimate of drug-likeness (QED) is 0.769. The zero-order valence-corrected chi connectivity index (χ0v) is 17.3. The molecule has 160 valence electrons. The van der Waals surface area contributed by atoms with Crippen LogP contribution >= 0.6 is 0 Å². The van der Waals surface area contributed by atoms with Crippen molar-refractivity contribution >= 4 is 11.9 Å². The van der Waals surface area contributed by atoms with E-state index in [-0.39, 0.29) is 36.5 Å². The number of hydrogen-bond acceptors (Lipinski definition) is 6. The van der Waals surface area contributed by atoms with Gasteiger partial charge < -0.3 is 24.8 Å². The minimum absolute atomic E-state index is 0.0236. The molecular formula is C20H31N5O4. The van der Waals surface area contributed by atoms with Crippen molar-refractivity contribution in [3.05, 3.63) is 11.7 Å². The van der Waals surface area contributed by atoms with Crippen LogP contribution in [0, 0.1) is 12.8 Å². The highest BCUT2D eigenvalue weighted by Crippen LogP contribution is 2.50. The molecule has 2 heterocycles. The van der Waals surface area contributed by atoms with Gasteiger partial charge in [-0.25, -0.2) is 4.79 Å². The summed E-state index contributed by atoms with van der Waals surface area (Å²) in [6.07, 6.45) is 7.22. The highest BCUT2D eigenvalue weighted by Gasteiger charge is 2.58. The highest BCUT2D eigenvalue weighted by molar-refractivity contribution is 5.78. The summed E-state index contributed by atoms with van der Waals surface area (Å²) in [6.45, 7) is 3.00. The number of methoxy groups -OCH3 is 1. The fraction of sp³-hybridized carbons (Fsp3) is 0.800. The average molecular weight is 405 g/mol. The molecule has 2 N–H and O–H groups in total. The number of rotatable bonds is 5. The van der Waals surface area contributed by atoms with Crippen LogP contribution in [0.3, 0.4) is 0 Å². The Labute approximate surface area is 170 Å². The van der Waals surface area contributed by atoms with Crippen LogP contribution in [0.15, 0.2) is 4.52 Å². The summed E-state index contributed by atoms with van der Waals surface area (Å²) in [5.41, 5.74) is -0.409. The minimum atomic E-state index is -0.409. The van der Waals surface area contributed by atoms with Gasteiger partial charge >= 0.3 is 6.03 Å². The van der Waals surface area contributed by atoms with Gasteiger partial charge in [0.25, 0.3) is 0 Å². The molecule has 4 rings (SSSR count). The van der Waals surface area contributed by atoms with Crippen molar-refractivity contribution in [3.63, 3.8) is 0 Å². The number of fused-ring (bicyclic) bond motifs is 1. The Kier molecular flexibility index (Phi) is 5.76.